The maximum atomic E-state index is 14.4. The van der Waals surface area contributed by atoms with E-state index in [4.69, 9.17) is 0 Å². The van der Waals surface area contributed by atoms with Crippen molar-refractivity contribution in [3.63, 3.8) is 0 Å². The molecule has 0 bridgehead atoms. The van der Waals surface area contributed by atoms with Gasteiger partial charge in [-0.15, -0.1) is 10.2 Å². The summed E-state index contributed by atoms with van der Waals surface area (Å²) in [6, 6.07) is 24.6. The third-order valence-corrected chi connectivity index (χ3v) is 9.49. The molecule has 2 heterocycles. The lowest BCUT2D eigenvalue weighted by atomic mass is 9.95. The number of nitrogens with zero attached hydrogens (tertiary/aromatic N) is 3. The minimum absolute atomic E-state index is 0.106. The predicted molar refractivity (Wildman–Crippen MR) is 163 cm³/mol. The van der Waals surface area contributed by atoms with Gasteiger partial charge in [0.2, 0.25) is 5.13 Å². The van der Waals surface area contributed by atoms with Crippen LogP contribution in [-0.2, 0) is 15.3 Å². The van der Waals surface area contributed by atoms with Gasteiger partial charge in [0.05, 0.1) is 11.6 Å². The molecule has 1 aliphatic rings. The molecule has 4 aromatic carbocycles. The van der Waals surface area contributed by atoms with Gasteiger partial charge in [0.15, 0.2) is 4.34 Å². The molecule has 1 saturated heterocycles. The summed E-state index contributed by atoms with van der Waals surface area (Å²) in [5.74, 6) is -2.06. The van der Waals surface area contributed by atoms with Gasteiger partial charge in [-0.2, -0.15) is 0 Å². The van der Waals surface area contributed by atoms with Gasteiger partial charge in [0, 0.05) is 15.8 Å². The molecule has 6 rings (SSSR count). The Kier molecular flexibility index (Phi) is 7.46. The van der Waals surface area contributed by atoms with Gasteiger partial charge >= 0.3 is 5.91 Å². The normalized spacial score (nSPS) is 16.6. The van der Waals surface area contributed by atoms with E-state index in [2.05, 4.69) is 50.4 Å². The molecule has 0 aliphatic carbocycles. The molecule has 204 valence electrons. The number of anilines is 1. The van der Waals surface area contributed by atoms with Crippen LogP contribution in [0.2, 0.25) is 0 Å². The fourth-order valence-electron chi connectivity index (χ4n) is 4.83. The Morgan fingerprint density at radius 1 is 1.02 bits per heavy atom. The first-order chi connectivity index (χ1) is 19.8. The number of ketones is 1. The van der Waals surface area contributed by atoms with Gasteiger partial charge in [-0.1, -0.05) is 106 Å². The van der Waals surface area contributed by atoms with E-state index in [0.717, 1.165) is 26.9 Å². The van der Waals surface area contributed by atoms with Crippen LogP contribution in [0.5, 0.6) is 0 Å². The summed E-state index contributed by atoms with van der Waals surface area (Å²) in [6.45, 7) is 1.60. The van der Waals surface area contributed by atoms with E-state index >= 15 is 0 Å². The predicted octanol–water partition coefficient (Wildman–Crippen LogP) is 7.82. The molecule has 1 aromatic heterocycles. The van der Waals surface area contributed by atoms with Crippen LogP contribution in [0.25, 0.3) is 16.5 Å². The second kappa shape index (κ2) is 11.2. The quantitative estimate of drug-likeness (QED) is 0.0666. The molecule has 1 fully saturated rings. The number of aliphatic hydroxyl groups is 1. The number of hydrogen-bond donors (Lipinski definition) is 1. The molecule has 0 saturated carbocycles. The number of amides is 1. The second-order valence-electron chi connectivity index (χ2n) is 9.47. The Balaban J connectivity index is 1.38. The maximum Gasteiger partial charge on any atom is 0.301 e. The van der Waals surface area contributed by atoms with E-state index < -0.39 is 29.3 Å². The zero-order chi connectivity index (χ0) is 28.7. The van der Waals surface area contributed by atoms with Gasteiger partial charge in [-0.05, 0) is 52.6 Å². The summed E-state index contributed by atoms with van der Waals surface area (Å²) >= 11 is 6.14. The number of benzene rings is 4. The van der Waals surface area contributed by atoms with Crippen molar-refractivity contribution >= 4 is 72.4 Å². The van der Waals surface area contributed by atoms with Crippen LogP contribution in [-0.4, -0.2) is 27.0 Å². The number of fused-ring (bicyclic) bond motifs is 1. The Bertz CT molecular complexity index is 1870. The van der Waals surface area contributed by atoms with Crippen LogP contribution in [0.4, 0.5) is 9.52 Å². The number of aromatic nitrogens is 2. The lowest BCUT2D eigenvalue weighted by Gasteiger charge is -2.22. The third kappa shape index (κ3) is 5.18. The number of halogens is 2. The Hall–Kier alpha value is -3.86. The number of carbonyl (C=O) groups is 2. The number of carbonyl (C=O) groups excluding carboxylic acids is 2. The number of thioether (sulfide) groups is 1. The van der Waals surface area contributed by atoms with Crippen LogP contribution in [0.15, 0.2) is 99.3 Å². The highest BCUT2D eigenvalue weighted by atomic mass is 79.9. The number of rotatable bonds is 6. The maximum absolute atomic E-state index is 14.4. The summed E-state index contributed by atoms with van der Waals surface area (Å²) in [6.07, 6.45) is 0. The number of aryl methyl sites for hydroxylation is 1. The molecule has 1 amide bonds. The second-order valence-corrected chi connectivity index (χ2v) is 12.6. The number of Topliss-reactive ketones (excluding diaryl/α,β-unsaturated/α-hetero) is 1. The van der Waals surface area contributed by atoms with Gasteiger partial charge in [0.25, 0.3) is 5.78 Å². The molecule has 1 aliphatic heterocycles. The van der Waals surface area contributed by atoms with Crippen LogP contribution in [0.1, 0.15) is 28.3 Å². The first-order valence-electron chi connectivity index (χ1n) is 12.6. The molecular weight excluding hydrogens is 625 g/mol. The first kappa shape index (κ1) is 27.3. The molecule has 0 spiro atoms. The van der Waals surface area contributed by atoms with Gasteiger partial charge in [-0.3, -0.25) is 14.5 Å². The van der Waals surface area contributed by atoms with Crippen LogP contribution < -0.4 is 4.90 Å². The zero-order valence-electron chi connectivity index (χ0n) is 21.5. The van der Waals surface area contributed by atoms with E-state index in [-0.39, 0.29) is 16.3 Å². The SMILES string of the molecule is Cc1ccc(/C(O)=C2/C(=O)C(=O)N(c3nnc(SCc4cccc5ccccc45)s3)C2c2cccc(Br)c2)cc1F. The summed E-state index contributed by atoms with van der Waals surface area (Å²) < 4.78 is 15.7. The van der Waals surface area contributed by atoms with E-state index in [9.17, 15) is 19.1 Å². The van der Waals surface area contributed by atoms with Crippen LogP contribution in [0, 0.1) is 12.7 Å². The lowest BCUT2D eigenvalue weighted by molar-refractivity contribution is -0.132. The lowest BCUT2D eigenvalue weighted by Crippen LogP contribution is -2.29. The minimum Gasteiger partial charge on any atom is -0.507 e. The van der Waals surface area contributed by atoms with E-state index in [0.29, 0.717) is 21.2 Å². The summed E-state index contributed by atoms with van der Waals surface area (Å²) in [4.78, 5) is 28.1. The fourth-order valence-corrected chi connectivity index (χ4v) is 7.12. The van der Waals surface area contributed by atoms with Gasteiger partial charge in [-0.25, -0.2) is 4.39 Å². The van der Waals surface area contributed by atoms with Crippen molar-refractivity contribution in [1.29, 1.82) is 0 Å². The molecular formula is C31H21BrFN3O3S2. The molecule has 1 N–H and O–H groups in total. The highest BCUT2D eigenvalue weighted by Crippen LogP contribution is 2.44. The van der Waals surface area contributed by atoms with Crippen molar-refractivity contribution in [1.82, 2.24) is 10.2 Å². The zero-order valence-corrected chi connectivity index (χ0v) is 24.8. The minimum atomic E-state index is -0.985. The highest BCUT2D eigenvalue weighted by molar-refractivity contribution is 9.10. The number of hydrogen-bond acceptors (Lipinski definition) is 7. The van der Waals surface area contributed by atoms with Gasteiger partial charge in [0.1, 0.15) is 11.6 Å². The first-order valence-corrected chi connectivity index (χ1v) is 15.2. The van der Waals surface area contributed by atoms with Crippen molar-refractivity contribution in [3.05, 3.63) is 123 Å². The Morgan fingerprint density at radius 2 is 1.80 bits per heavy atom. The fraction of sp³-hybridized carbons (Fsp3) is 0.0968. The average Bonchev–Trinajstić information content (AvgIpc) is 3.54. The third-order valence-electron chi connectivity index (χ3n) is 6.89. The molecule has 0 radical (unpaired) electrons. The van der Waals surface area contributed by atoms with Crippen molar-refractivity contribution in [3.8, 4) is 0 Å². The average molecular weight is 647 g/mol. The number of aliphatic hydroxyl groups excluding tert-OH is 1. The molecule has 41 heavy (non-hydrogen) atoms. The van der Waals surface area contributed by atoms with Crippen molar-refractivity contribution in [2.45, 2.75) is 23.1 Å². The summed E-state index contributed by atoms with van der Waals surface area (Å²) in [5.41, 5.74) is 2.08. The molecule has 10 heteroatoms. The van der Waals surface area contributed by atoms with Gasteiger partial charge < -0.3 is 5.11 Å². The summed E-state index contributed by atoms with van der Waals surface area (Å²) in [7, 11) is 0. The Labute approximate surface area is 251 Å². The van der Waals surface area contributed by atoms with Crippen LogP contribution >= 0.6 is 39.0 Å². The molecule has 6 nitrogen and oxygen atoms in total. The Morgan fingerprint density at radius 3 is 2.61 bits per heavy atom. The van der Waals surface area contributed by atoms with E-state index in [1.807, 2.05) is 24.3 Å². The monoisotopic (exact) mass is 645 g/mol. The standard InChI is InChI=1S/C31H21BrFN3O3S2/c1-17-12-13-20(15-24(17)33)27(37)25-26(19-8-5-10-22(32)14-19)36(29(39)28(25)38)30-34-35-31(41-30)40-16-21-9-4-7-18-6-2-3-11-23(18)21/h2-15,26,37H,16H2,1H3/b27-25-. The smallest absolute Gasteiger partial charge is 0.301 e. The summed E-state index contributed by atoms with van der Waals surface area (Å²) in [5, 5.41) is 22.4. The highest BCUT2D eigenvalue weighted by Gasteiger charge is 2.48. The van der Waals surface area contributed by atoms with E-state index in [1.165, 1.54) is 40.1 Å². The largest absolute Gasteiger partial charge is 0.507 e. The van der Waals surface area contributed by atoms with Crippen LogP contribution in [0.3, 0.4) is 0 Å². The van der Waals surface area contributed by atoms with Crippen molar-refractivity contribution < 1.29 is 19.1 Å². The molecule has 1 unspecified atom stereocenters. The topological polar surface area (TPSA) is 83.4 Å². The molecule has 1 atom stereocenters. The van der Waals surface area contributed by atoms with Crippen molar-refractivity contribution in [2.24, 2.45) is 0 Å². The van der Waals surface area contributed by atoms with Crippen molar-refractivity contribution in [2.75, 3.05) is 4.90 Å². The molecule has 5 aromatic rings. The van der Waals surface area contributed by atoms with E-state index in [1.54, 1.807) is 25.1 Å².